The molecule has 1 aliphatic heterocycles. The Morgan fingerprint density at radius 2 is 2.00 bits per heavy atom. The molecule has 0 spiro atoms. The quantitative estimate of drug-likeness (QED) is 0.723. The molecule has 0 amide bonds. The van der Waals surface area contributed by atoms with Crippen LogP contribution in [0.25, 0.3) is 0 Å². The molecule has 0 aromatic carbocycles. The van der Waals surface area contributed by atoms with Gasteiger partial charge < -0.3 is 4.74 Å². The lowest BCUT2D eigenvalue weighted by atomic mass is 9.88. The summed E-state index contributed by atoms with van der Waals surface area (Å²) >= 11 is 0. The van der Waals surface area contributed by atoms with Gasteiger partial charge in [-0.1, -0.05) is 26.7 Å². The summed E-state index contributed by atoms with van der Waals surface area (Å²) in [5.74, 6) is 0.745. The standard InChI is InChI=1S/C20H36N4O/c1-3-19-17-22(12-14-24-10-6-9-21-24)11-13-23(19)15-16-25-20-8-5-4-7-18(20)2/h6,9-10,18-20H,3-5,7-8,11-17H2,1-2H3/t18-,19+,20+/m0/s1. The van der Waals surface area contributed by atoms with E-state index < -0.39 is 0 Å². The van der Waals surface area contributed by atoms with Crippen LogP contribution in [-0.2, 0) is 11.3 Å². The molecule has 3 atom stereocenters. The minimum Gasteiger partial charge on any atom is -0.377 e. The van der Waals surface area contributed by atoms with Gasteiger partial charge in [-0.3, -0.25) is 14.5 Å². The molecule has 1 saturated heterocycles. The number of rotatable bonds is 8. The van der Waals surface area contributed by atoms with Gasteiger partial charge in [-0.25, -0.2) is 0 Å². The zero-order valence-corrected chi connectivity index (χ0v) is 16.1. The van der Waals surface area contributed by atoms with Crippen molar-refractivity contribution >= 4 is 0 Å². The monoisotopic (exact) mass is 348 g/mol. The van der Waals surface area contributed by atoms with Crippen LogP contribution in [0.2, 0.25) is 0 Å². The van der Waals surface area contributed by atoms with Crippen molar-refractivity contribution in [3.05, 3.63) is 18.5 Å². The van der Waals surface area contributed by atoms with Gasteiger partial charge in [0.2, 0.25) is 0 Å². The molecule has 0 radical (unpaired) electrons. The van der Waals surface area contributed by atoms with Crippen molar-refractivity contribution in [1.82, 2.24) is 19.6 Å². The molecule has 5 nitrogen and oxygen atoms in total. The highest BCUT2D eigenvalue weighted by Crippen LogP contribution is 2.26. The summed E-state index contributed by atoms with van der Waals surface area (Å²) in [5, 5.41) is 4.31. The van der Waals surface area contributed by atoms with E-state index in [1.165, 1.54) is 45.2 Å². The van der Waals surface area contributed by atoms with Crippen molar-refractivity contribution < 1.29 is 4.74 Å². The normalized spacial score (nSPS) is 29.1. The summed E-state index contributed by atoms with van der Waals surface area (Å²) < 4.78 is 8.28. The Balaban J connectivity index is 1.37. The molecule has 25 heavy (non-hydrogen) atoms. The van der Waals surface area contributed by atoms with Crippen molar-refractivity contribution in [2.24, 2.45) is 5.92 Å². The zero-order chi connectivity index (χ0) is 17.5. The van der Waals surface area contributed by atoms with Gasteiger partial charge in [0.1, 0.15) is 0 Å². The molecule has 142 valence electrons. The van der Waals surface area contributed by atoms with Crippen molar-refractivity contribution in [2.45, 2.75) is 64.6 Å². The minimum atomic E-state index is 0.504. The van der Waals surface area contributed by atoms with E-state index >= 15 is 0 Å². The van der Waals surface area contributed by atoms with Crippen molar-refractivity contribution in [3.8, 4) is 0 Å². The average molecular weight is 349 g/mol. The fraction of sp³-hybridized carbons (Fsp3) is 0.850. The largest absolute Gasteiger partial charge is 0.377 e. The van der Waals surface area contributed by atoms with Crippen LogP contribution in [0.15, 0.2) is 18.5 Å². The molecule has 0 bridgehead atoms. The molecular weight excluding hydrogens is 312 g/mol. The van der Waals surface area contributed by atoms with Crippen LogP contribution in [0.1, 0.15) is 46.0 Å². The highest BCUT2D eigenvalue weighted by Gasteiger charge is 2.26. The van der Waals surface area contributed by atoms with Crippen molar-refractivity contribution in [3.63, 3.8) is 0 Å². The first-order valence-electron chi connectivity index (χ1n) is 10.3. The number of nitrogens with zero attached hydrogens (tertiary/aromatic N) is 4. The Kier molecular flexibility index (Phi) is 7.32. The summed E-state index contributed by atoms with van der Waals surface area (Å²) in [7, 11) is 0. The third-order valence-electron chi connectivity index (χ3n) is 6.11. The maximum atomic E-state index is 6.25. The third-order valence-corrected chi connectivity index (χ3v) is 6.11. The molecule has 0 N–H and O–H groups in total. The van der Waals surface area contributed by atoms with Crippen LogP contribution in [0.4, 0.5) is 0 Å². The van der Waals surface area contributed by atoms with Gasteiger partial charge in [0, 0.05) is 51.2 Å². The number of ether oxygens (including phenoxy) is 1. The topological polar surface area (TPSA) is 33.5 Å². The second-order valence-electron chi connectivity index (χ2n) is 7.84. The molecule has 2 heterocycles. The van der Waals surface area contributed by atoms with E-state index in [1.54, 1.807) is 0 Å². The minimum absolute atomic E-state index is 0.504. The van der Waals surface area contributed by atoms with Crippen LogP contribution >= 0.6 is 0 Å². The third kappa shape index (κ3) is 5.53. The van der Waals surface area contributed by atoms with Gasteiger partial charge in [-0.15, -0.1) is 0 Å². The van der Waals surface area contributed by atoms with E-state index in [-0.39, 0.29) is 0 Å². The van der Waals surface area contributed by atoms with Gasteiger partial charge in [-0.2, -0.15) is 5.10 Å². The number of piperazine rings is 1. The van der Waals surface area contributed by atoms with E-state index in [0.29, 0.717) is 12.1 Å². The van der Waals surface area contributed by atoms with Crippen LogP contribution in [0.3, 0.4) is 0 Å². The second-order valence-corrected chi connectivity index (χ2v) is 7.84. The fourth-order valence-electron chi connectivity index (χ4n) is 4.37. The van der Waals surface area contributed by atoms with Gasteiger partial charge in [0.25, 0.3) is 0 Å². The van der Waals surface area contributed by atoms with Gasteiger partial charge >= 0.3 is 0 Å². The molecule has 0 unspecified atom stereocenters. The summed E-state index contributed by atoms with van der Waals surface area (Å²) in [4.78, 5) is 5.24. The summed E-state index contributed by atoms with van der Waals surface area (Å²) in [6, 6.07) is 2.67. The van der Waals surface area contributed by atoms with Crippen LogP contribution in [0, 0.1) is 5.92 Å². The summed E-state index contributed by atoms with van der Waals surface area (Å²) in [6.07, 6.45) is 11.0. The van der Waals surface area contributed by atoms with E-state index in [0.717, 1.165) is 38.7 Å². The number of hydrogen-bond donors (Lipinski definition) is 0. The highest BCUT2D eigenvalue weighted by molar-refractivity contribution is 4.83. The first-order chi connectivity index (χ1) is 12.3. The lowest BCUT2D eigenvalue weighted by Gasteiger charge is -2.41. The second kappa shape index (κ2) is 9.70. The Morgan fingerprint density at radius 3 is 2.76 bits per heavy atom. The molecule has 3 rings (SSSR count). The summed E-state index contributed by atoms with van der Waals surface area (Å²) in [6.45, 7) is 12.3. The van der Waals surface area contributed by atoms with Gasteiger partial charge in [-0.05, 0) is 31.2 Å². The fourth-order valence-corrected chi connectivity index (χ4v) is 4.37. The molecule has 1 aliphatic carbocycles. The molecular formula is C20H36N4O. The Labute approximate surface area is 153 Å². The number of aromatic nitrogens is 2. The SMILES string of the molecule is CC[C@@H]1CN(CCn2cccn2)CCN1CCO[C@@H]1CCCC[C@@H]1C. The van der Waals surface area contributed by atoms with Gasteiger partial charge in [0.05, 0.1) is 19.3 Å². The van der Waals surface area contributed by atoms with E-state index in [2.05, 4.69) is 34.9 Å². The van der Waals surface area contributed by atoms with Crippen molar-refractivity contribution in [1.29, 1.82) is 0 Å². The van der Waals surface area contributed by atoms with Crippen LogP contribution in [0.5, 0.6) is 0 Å². The number of hydrogen-bond acceptors (Lipinski definition) is 4. The molecule has 1 aromatic heterocycles. The maximum Gasteiger partial charge on any atom is 0.0601 e. The lowest BCUT2D eigenvalue weighted by Crippen LogP contribution is -2.54. The molecule has 1 aromatic rings. The lowest BCUT2D eigenvalue weighted by molar-refractivity contribution is -0.0268. The first kappa shape index (κ1) is 18.9. The Hall–Kier alpha value is -0.910. The van der Waals surface area contributed by atoms with Crippen LogP contribution in [-0.4, -0.2) is 71.1 Å². The Morgan fingerprint density at radius 1 is 1.12 bits per heavy atom. The Bertz CT molecular complexity index is 478. The first-order valence-corrected chi connectivity index (χ1v) is 10.3. The van der Waals surface area contributed by atoms with E-state index in [9.17, 15) is 0 Å². The molecule has 1 saturated carbocycles. The van der Waals surface area contributed by atoms with E-state index in [1.807, 2.05) is 16.9 Å². The average Bonchev–Trinajstić information content (AvgIpc) is 3.16. The van der Waals surface area contributed by atoms with Gasteiger partial charge in [0.15, 0.2) is 0 Å². The van der Waals surface area contributed by atoms with E-state index in [4.69, 9.17) is 4.74 Å². The molecule has 2 aliphatic rings. The predicted molar refractivity (Wildman–Crippen MR) is 102 cm³/mol. The highest BCUT2D eigenvalue weighted by atomic mass is 16.5. The van der Waals surface area contributed by atoms with Crippen LogP contribution < -0.4 is 0 Å². The van der Waals surface area contributed by atoms with Crippen molar-refractivity contribution in [2.75, 3.05) is 39.3 Å². The predicted octanol–water partition coefficient (Wildman–Crippen LogP) is 2.87. The summed E-state index contributed by atoms with van der Waals surface area (Å²) in [5.41, 5.74) is 0. The smallest absolute Gasteiger partial charge is 0.0601 e. The molecule has 5 heteroatoms. The maximum absolute atomic E-state index is 6.25. The molecule has 2 fully saturated rings. The zero-order valence-electron chi connectivity index (χ0n) is 16.1.